The Balaban J connectivity index is 2.14. The van der Waals surface area contributed by atoms with E-state index in [1.807, 2.05) is 54.6 Å². The minimum absolute atomic E-state index is 0.139. The van der Waals surface area contributed by atoms with Crippen molar-refractivity contribution >= 4 is 32.4 Å². The van der Waals surface area contributed by atoms with E-state index in [9.17, 15) is 9.90 Å². The molecule has 0 saturated heterocycles. The molecule has 2 nitrogen and oxygen atoms in total. The molecular formula is C27H23FGeO2. The van der Waals surface area contributed by atoms with Crippen LogP contribution < -0.4 is 13.2 Å². The van der Waals surface area contributed by atoms with Crippen LogP contribution in [0.3, 0.4) is 0 Å². The maximum absolute atomic E-state index is 15.2. The van der Waals surface area contributed by atoms with E-state index in [-0.39, 0.29) is 12.2 Å². The van der Waals surface area contributed by atoms with Gasteiger partial charge in [0.25, 0.3) is 0 Å². The van der Waals surface area contributed by atoms with E-state index in [0.29, 0.717) is 5.56 Å². The Bertz CT molecular complexity index is 1050. The summed E-state index contributed by atoms with van der Waals surface area (Å²) in [7, 11) is 0. The van der Waals surface area contributed by atoms with Crippen LogP contribution in [-0.2, 0) is 4.79 Å². The Hall–Kier alpha value is -3.18. The van der Waals surface area contributed by atoms with Gasteiger partial charge in [0.1, 0.15) is 0 Å². The molecule has 4 rings (SSSR count). The summed E-state index contributed by atoms with van der Waals surface area (Å²) in [5.41, 5.74) is 0.474. The number of benzene rings is 4. The quantitative estimate of drug-likeness (QED) is 0.413. The van der Waals surface area contributed by atoms with E-state index in [1.165, 1.54) is 6.07 Å². The molecule has 1 N–H and O–H groups in total. The van der Waals surface area contributed by atoms with Crippen molar-refractivity contribution in [2.45, 2.75) is 11.2 Å². The fourth-order valence-corrected chi connectivity index (χ4v) is 16.3. The van der Waals surface area contributed by atoms with Gasteiger partial charge in [0, 0.05) is 0 Å². The van der Waals surface area contributed by atoms with Gasteiger partial charge in [-0.3, -0.25) is 0 Å². The van der Waals surface area contributed by atoms with Gasteiger partial charge in [0.2, 0.25) is 0 Å². The number of carboxylic acids is 1. The summed E-state index contributed by atoms with van der Waals surface area (Å²) in [6.45, 7) is 0. The van der Waals surface area contributed by atoms with Crippen LogP contribution in [0.5, 0.6) is 0 Å². The summed E-state index contributed by atoms with van der Waals surface area (Å²) in [5.74, 6) is -1.28. The van der Waals surface area contributed by atoms with E-state index < -0.39 is 24.0 Å². The molecule has 154 valence electrons. The second-order valence-corrected chi connectivity index (χ2v) is 16.1. The molecule has 0 bridgehead atoms. The first-order valence-electron chi connectivity index (χ1n) is 10.3. The van der Waals surface area contributed by atoms with Crippen molar-refractivity contribution in [1.29, 1.82) is 0 Å². The van der Waals surface area contributed by atoms with Crippen molar-refractivity contribution in [1.82, 2.24) is 0 Å². The summed E-state index contributed by atoms with van der Waals surface area (Å²) in [6, 6.07) is 36.9. The molecule has 31 heavy (non-hydrogen) atoms. The van der Waals surface area contributed by atoms with Crippen LogP contribution in [-0.4, -0.2) is 24.3 Å². The first-order chi connectivity index (χ1) is 15.1. The van der Waals surface area contributed by atoms with E-state index >= 15 is 4.39 Å². The molecule has 0 saturated carbocycles. The van der Waals surface area contributed by atoms with Gasteiger partial charge < -0.3 is 0 Å². The number of hydrogen-bond donors (Lipinski definition) is 1. The van der Waals surface area contributed by atoms with Crippen molar-refractivity contribution in [2.75, 3.05) is 0 Å². The van der Waals surface area contributed by atoms with Crippen LogP contribution in [0.4, 0.5) is 4.39 Å². The van der Waals surface area contributed by atoms with Gasteiger partial charge in [-0.05, 0) is 0 Å². The Morgan fingerprint density at radius 3 is 1.45 bits per heavy atom. The average molecular weight is 471 g/mol. The number of hydrogen-bond acceptors (Lipinski definition) is 1. The normalized spacial score (nSPS) is 12.3. The van der Waals surface area contributed by atoms with Gasteiger partial charge in [-0.15, -0.1) is 0 Å². The summed E-state index contributed by atoms with van der Waals surface area (Å²) < 4.78 is 18.0. The van der Waals surface area contributed by atoms with Crippen molar-refractivity contribution in [3.63, 3.8) is 0 Å². The molecule has 4 heteroatoms. The van der Waals surface area contributed by atoms with Crippen molar-refractivity contribution < 1.29 is 14.3 Å². The molecule has 4 aromatic rings. The Morgan fingerprint density at radius 1 is 0.677 bits per heavy atom. The van der Waals surface area contributed by atoms with Crippen molar-refractivity contribution in [3.05, 3.63) is 127 Å². The average Bonchev–Trinajstić information content (AvgIpc) is 2.81. The van der Waals surface area contributed by atoms with Gasteiger partial charge in [-0.2, -0.15) is 0 Å². The third kappa shape index (κ3) is 4.06. The van der Waals surface area contributed by atoms with Crippen molar-refractivity contribution in [2.24, 2.45) is 0 Å². The monoisotopic (exact) mass is 472 g/mol. The van der Waals surface area contributed by atoms with Crippen LogP contribution in [0.2, 0.25) is 0 Å². The Kier molecular flexibility index (Phi) is 6.33. The molecule has 0 aromatic heterocycles. The molecule has 0 spiro atoms. The van der Waals surface area contributed by atoms with E-state index in [0.717, 1.165) is 13.2 Å². The van der Waals surface area contributed by atoms with Gasteiger partial charge in [0.05, 0.1) is 0 Å². The zero-order valence-electron chi connectivity index (χ0n) is 17.0. The van der Waals surface area contributed by atoms with Crippen LogP contribution >= 0.6 is 0 Å². The SMILES string of the molecule is O=C(O)C[C@H](c1ccccc1F)[Ge]([c]1ccccc1)([c]1ccccc1)[c]1ccccc1. The molecule has 0 amide bonds. The topological polar surface area (TPSA) is 37.3 Å². The fraction of sp³-hybridized carbons (Fsp3) is 0.0741. The Labute approximate surface area is 184 Å². The summed E-state index contributed by atoms with van der Waals surface area (Å²) >= 11 is -3.75. The van der Waals surface area contributed by atoms with E-state index in [1.54, 1.807) is 18.2 Å². The zero-order chi connectivity index (χ0) is 21.7. The standard InChI is InChI=1S/C27H23FGeO2/c28-25-19-11-10-18-24(25)26(20-27(30)31)29(21-12-4-1-5-13-21,22-14-6-2-7-15-22)23-16-8-3-9-17-23/h1-19,26H,20H2,(H,30,31)/t26-/m1/s1. The molecule has 0 aliphatic rings. The van der Waals surface area contributed by atoms with Gasteiger partial charge in [0.15, 0.2) is 0 Å². The van der Waals surface area contributed by atoms with Gasteiger partial charge >= 0.3 is 185 Å². The predicted molar refractivity (Wildman–Crippen MR) is 125 cm³/mol. The van der Waals surface area contributed by atoms with Gasteiger partial charge in [-0.1, -0.05) is 0 Å². The number of carbonyl (C=O) groups is 1. The molecule has 0 aliphatic carbocycles. The first kappa shape index (κ1) is 21.1. The number of rotatable bonds is 7. The fourth-order valence-electron chi connectivity index (χ4n) is 4.64. The second-order valence-electron chi connectivity index (χ2n) is 7.58. The van der Waals surface area contributed by atoms with Gasteiger partial charge in [-0.25, -0.2) is 0 Å². The minimum atomic E-state index is -3.75. The molecule has 1 atom stereocenters. The van der Waals surface area contributed by atoms with E-state index in [2.05, 4.69) is 36.4 Å². The first-order valence-corrected chi connectivity index (χ1v) is 14.6. The second kappa shape index (κ2) is 9.31. The third-order valence-corrected chi connectivity index (χ3v) is 17.0. The van der Waals surface area contributed by atoms with E-state index in [4.69, 9.17) is 0 Å². The number of halogens is 1. The van der Waals surface area contributed by atoms with Crippen LogP contribution in [0.25, 0.3) is 0 Å². The number of carboxylic acid groups (broad SMARTS) is 1. The van der Waals surface area contributed by atoms with Crippen LogP contribution in [0.15, 0.2) is 115 Å². The molecule has 0 unspecified atom stereocenters. The Morgan fingerprint density at radius 2 is 1.06 bits per heavy atom. The molecule has 0 heterocycles. The maximum atomic E-state index is 15.2. The molecule has 4 aromatic carbocycles. The summed E-state index contributed by atoms with van der Waals surface area (Å²) in [6.07, 6.45) is -0.139. The van der Waals surface area contributed by atoms with Crippen LogP contribution in [0, 0.1) is 5.82 Å². The predicted octanol–water partition coefficient (Wildman–Crippen LogP) is 4.09. The molecule has 0 aliphatic heterocycles. The van der Waals surface area contributed by atoms with Crippen molar-refractivity contribution in [3.8, 4) is 0 Å². The molecular weight excluding hydrogens is 448 g/mol. The number of aliphatic carboxylic acids is 1. The summed E-state index contributed by atoms with van der Waals surface area (Å²) in [5, 5.41) is 9.95. The third-order valence-electron chi connectivity index (χ3n) is 5.87. The summed E-state index contributed by atoms with van der Waals surface area (Å²) in [4.78, 5) is 12.1. The zero-order valence-corrected chi connectivity index (χ0v) is 19.1. The van der Waals surface area contributed by atoms with Crippen LogP contribution in [0.1, 0.15) is 16.7 Å². The molecule has 0 fully saturated rings. The molecule has 0 radical (unpaired) electrons.